The summed E-state index contributed by atoms with van der Waals surface area (Å²) in [5.41, 5.74) is 1.71. The van der Waals surface area contributed by atoms with Crippen LogP contribution in [0.2, 0.25) is 0 Å². The van der Waals surface area contributed by atoms with Gasteiger partial charge in [-0.05, 0) is 84.5 Å². The highest BCUT2D eigenvalue weighted by molar-refractivity contribution is 9.10. The molecule has 0 aromatic carbocycles. The molecule has 0 saturated heterocycles. The second-order valence-electron chi connectivity index (χ2n) is 9.85. The lowest BCUT2D eigenvalue weighted by Crippen LogP contribution is -2.59. The van der Waals surface area contributed by atoms with E-state index in [1.54, 1.807) is 0 Å². The minimum absolute atomic E-state index is 0.0891. The summed E-state index contributed by atoms with van der Waals surface area (Å²) in [6.45, 7) is 8.44. The molecule has 1 N–H and O–H groups in total. The normalized spacial score (nSPS) is 39.0. The van der Waals surface area contributed by atoms with E-state index in [1.165, 1.54) is 19.3 Å². The monoisotopic (exact) mass is 407 g/mol. The van der Waals surface area contributed by atoms with Gasteiger partial charge in [0.25, 0.3) is 0 Å². The van der Waals surface area contributed by atoms with Gasteiger partial charge in [0.2, 0.25) is 5.91 Å². The Bertz CT molecular complexity index is 660. The van der Waals surface area contributed by atoms with Gasteiger partial charge in [-0.1, -0.05) is 13.8 Å². The van der Waals surface area contributed by atoms with E-state index in [9.17, 15) is 4.79 Å². The highest BCUT2D eigenvalue weighted by Crippen LogP contribution is 2.69. The van der Waals surface area contributed by atoms with E-state index in [1.807, 2.05) is 17.8 Å². The summed E-state index contributed by atoms with van der Waals surface area (Å²) in [5.74, 6) is 1.09. The number of carbonyl (C=O) groups excluding carboxylic acids is 1. The molecule has 4 nitrogen and oxygen atoms in total. The van der Waals surface area contributed by atoms with E-state index >= 15 is 0 Å². The molecule has 2 unspecified atom stereocenters. The van der Waals surface area contributed by atoms with E-state index < -0.39 is 0 Å². The minimum Gasteiger partial charge on any atom is -0.356 e. The molecule has 4 atom stereocenters. The highest BCUT2D eigenvalue weighted by Gasteiger charge is 2.62. The molecule has 4 fully saturated rings. The number of aromatic nitrogens is 2. The number of hydrogen-bond acceptors (Lipinski definition) is 2. The predicted molar refractivity (Wildman–Crippen MR) is 102 cm³/mol. The molecule has 0 aliphatic heterocycles. The van der Waals surface area contributed by atoms with Crippen molar-refractivity contribution in [2.75, 3.05) is 6.54 Å². The maximum absolute atomic E-state index is 13.1. The number of carbonyl (C=O) groups is 1. The van der Waals surface area contributed by atoms with Gasteiger partial charge in [-0.3, -0.25) is 9.48 Å². The summed E-state index contributed by atoms with van der Waals surface area (Å²) < 4.78 is 3.00. The molecule has 4 bridgehead atoms. The highest BCUT2D eigenvalue weighted by atomic mass is 79.9. The Morgan fingerprint density at radius 2 is 1.96 bits per heavy atom. The Labute approximate surface area is 159 Å². The Morgan fingerprint density at radius 3 is 2.52 bits per heavy atom. The van der Waals surface area contributed by atoms with Crippen LogP contribution in [0.25, 0.3) is 0 Å². The quantitative estimate of drug-likeness (QED) is 0.732. The lowest BCUT2D eigenvalue weighted by Gasteiger charge is -2.64. The topological polar surface area (TPSA) is 46.9 Å². The van der Waals surface area contributed by atoms with Crippen molar-refractivity contribution in [3.63, 3.8) is 0 Å². The Hall–Kier alpha value is -0.840. The zero-order valence-electron chi connectivity index (χ0n) is 15.7. The summed E-state index contributed by atoms with van der Waals surface area (Å²) in [6.07, 6.45) is 10.3. The van der Waals surface area contributed by atoms with Gasteiger partial charge in [-0.15, -0.1) is 0 Å². The van der Waals surface area contributed by atoms with Crippen molar-refractivity contribution in [1.82, 2.24) is 15.1 Å². The van der Waals surface area contributed by atoms with Gasteiger partial charge in [0, 0.05) is 19.3 Å². The third kappa shape index (κ3) is 3.17. The molecule has 0 spiro atoms. The predicted octanol–water partition coefficient (Wildman–Crippen LogP) is 4.46. The van der Waals surface area contributed by atoms with Crippen LogP contribution in [0.1, 0.15) is 64.5 Å². The number of rotatable bonds is 5. The van der Waals surface area contributed by atoms with Crippen molar-refractivity contribution in [3.8, 4) is 0 Å². The SMILES string of the molecule is Cc1nn(CCCNC(=O)C23CC4C[C@@](C)(C2)C[C@](C)(C4)C3)cc1Br. The molecule has 138 valence electrons. The summed E-state index contributed by atoms with van der Waals surface area (Å²) >= 11 is 3.50. The van der Waals surface area contributed by atoms with Crippen LogP contribution >= 0.6 is 15.9 Å². The largest absolute Gasteiger partial charge is 0.356 e. The maximum Gasteiger partial charge on any atom is 0.226 e. The number of halogens is 1. The molecule has 4 saturated carbocycles. The second-order valence-corrected chi connectivity index (χ2v) is 10.7. The summed E-state index contributed by atoms with van der Waals surface area (Å²) in [7, 11) is 0. The number of aryl methyl sites for hydroxylation is 2. The van der Waals surface area contributed by atoms with Gasteiger partial charge >= 0.3 is 0 Å². The zero-order chi connectivity index (χ0) is 17.9. The second kappa shape index (κ2) is 5.83. The summed E-state index contributed by atoms with van der Waals surface area (Å²) in [4.78, 5) is 13.1. The van der Waals surface area contributed by atoms with Crippen LogP contribution < -0.4 is 5.32 Å². The molecule has 5 heteroatoms. The molecule has 5 rings (SSSR count). The van der Waals surface area contributed by atoms with Crippen LogP contribution in [0.4, 0.5) is 0 Å². The van der Waals surface area contributed by atoms with Crippen LogP contribution in [0.3, 0.4) is 0 Å². The van der Waals surface area contributed by atoms with Crippen LogP contribution in [-0.2, 0) is 11.3 Å². The third-order valence-electron chi connectivity index (χ3n) is 6.84. The van der Waals surface area contributed by atoms with Crippen molar-refractivity contribution in [3.05, 3.63) is 16.4 Å². The molecule has 0 radical (unpaired) electrons. The summed E-state index contributed by atoms with van der Waals surface area (Å²) in [6, 6.07) is 0. The van der Waals surface area contributed by atoms with E-state index in [2.05, 4.69) is 40.2 Å². The Kier molecular flexibility index (Phi) is 4.10. The van der Waals surface area contributed by atoms with Gasteiger partial charge in [0.15, 0.2) is 0 Å². The first-order valence-electron chi connectivity index (χ1n) is 9.69. The van der Waals surface area contributed by atoms with Crippen molar-refractivity contribution in [2.24, 2.45) is 22.2 Å². The fraction of sp³-hybridized carbons (Fsp3) is 0.800. The lowest BCUT2D eigenvalue weighted by atomic mass is 9.40. The molecule has 1 aromatic rings. The summed E-state index contributed by atoms with van der Waals surface area (Å²) in [5, 5.41) is 7.73. The van der Waals surface area contributed by atoms with E-state index in [0.717, 1.165) is 54.9 Å². The zero-order valence-corrected chi connectivity index (χ0v) is 17.3. The molecular weight excluding hydrogens is 378 g/mol. The standard InChI is InChI=1S/C20H30BrN3O/c1-14-16(21)10-24(23-14)6-4-5-22-17(25)20-9-15-7-18(2,12-20)11-19(3,8-15)13-20/h10,15H,4-9,11-13H2,1-3H3,(H,22,25)/t15?,18-,19+,20?. The minimum atomic E-state index is -0.0891. The first-order valence-corrected chi connectivity index (χ1v) is 10.5. The van der Waals surface area contributed by atoms with Crippen molar-refractivity contribution < 1.29 is 4.79 Å². The molecule has 4 aliphatic rings. The average Bonchev–Trinajstić information content (AvgIpc) is 2.78. The molecule has 1 heterocycles. The molecule has 1 amide bonds. The van der Waals surface area contributed by atoms with Crippen molar-refractivity contribution in [1.29, 1.82) is 0 Å². The first kappa shape index (κ1) is 17.6. The van der Waals surface area contributed by atoms with Crippen molar-refractivity contribution in [2.45, 2.75) is 72.3 Å². The maximum atomic E-state index is 13.1. The third-order valence-corrected chi connectivity index (χ3v) is 7.62. The molecule has 1 aromatic heterocycles. The number of nitrogens with one attached hydrogen (secondary N) is 1. The average molecular weight is 408 g/mol. The van der Waals surface area contributed by atoms with Gasteiger partial charge in [0.05, 0.1) is 15.6 Å². The number of hydrogen-bond donors (Lipinski definition) is 1. The van der Waals surface area contributed by atoms with Crippen LogP contribution in [0.5, 0.6) is 0 Å². The van der Waals surface area contributed by atoms with Crippen LogP contribution in [0, 0.1) is 29.1 Å². The molecule has 25 heavy (non-hydrogen) atoms. The molecular formula is C20H30BrN3O. The van der Waals surface area contributed by atoms with E-state index in [4.69, 9.17) is 0 Å². The number of nitrogens with zero attached hydrogens (tertiary/aromatic N) is 2. The Morgan fingerprint density at radius 1 is 1.28 bits per heavy atom. The Balaban J connectivity index is 1.35. The van der Waals surface area contributed by atoms with Gasteiger partial charge in [-0.25, -0.2) is 0 Å². The first-order chi connectivity index (χ1) is 11.7. The van der Waals surface area contributed by atoms with Gasteiger partial charge in [0.1, 0.15) is 0 Å². The number of amides is 1. The van der Waals surface area contributed by atoms with Gasteiger partial charge in [-0.2, -0.15) is 5.10 Å². The van der Waals surface area contributed by atoms with Crippen molar-refractivity contribution >= 4 is 21.8 Å². The smallest absolute Gasteiger partial charge is 0.226 e. The fourth-order valence-electron chi connectivity index (χ4n) is 6.94. The van der Waals surface area contributed by atoms with Gasteiger partial charge < -0.3 is 5.32 Å². The fourth-order valence-corrected chi connectivity index (χ4v) is 7.26. The van der Waals surface area contributed by atoms with Crippen LogP contribution in [0.15, 0.2) is 10.7 Å². The van der Waals surface area contributed by atoms with E-state index in [0.29, 0.717) is 16.7 Å². The van der Waals surface area contributed by atoms with E-state index in [-0.39, 0.29) is 5.41 Å². The lowest BCUT2D eigenvalue weighted by molar-refractivity contribution is -0.170. The van der Waals surface area contributed by atoms with Crippen LogP contribution in [-0.4, -0.2) is 22.2 Å². The molecule has 4 aliphatic carbocycles.